The summed E-state index contributed by atoms with van der Waals surface area (Å²) in [6.45, 7) is 0. The highest BCUT2D eigenvalue weighted by Gasteiger charge is 2.29. The largest absolute Gasteiger partial charge is 0.480 e. The molecular formula is C8H15NO3. The van der Waals surface area contributed by atoms with Gasteiger partial charge < -0.3 is 15.9 Å². The van der Waals surface area contributed by atoms with Crippen LogP contribution in [-0.2, 0) is 4.79 Å². The maximum atomic E-state index is 10.5. The molecule has 1 aliphatic rings. The molecule has 0 bridgehead atoms. The number of carboxylic acid groups (broad SMARTS) is 1. The van der Waals surface area contributed by atoms with E-state index in [0.717, 1.165) is 19.3 Å². The third kappa shape index (κ3) is 2.19. The van der Waals surface area contributed by atoms with Crippen LogP contribution in [0.25, 0.3) is 0 Å². The second kappa shape index (κ2) is 3.87. The molecule has 4 nitrogen and oxygen atoms in total. The predicted octanol–water partition coefficient (Wildman–Crippen LogP) is -0.0506. The molecule has 0 aromatic rings. The van der Waals surface area contributed by atoms with Crippen LogP contribution in [0.15, 0.2) is 0 Å². The first-order chi connectivity index (χ1) is 5.61. The van der Waals surface area contributed by atoms with Crippen molar-refractivity contribution in [3.63, 3.8) is 0 Å². The van der Waals surface area contributed by atoms with Gasteiger partial charge >= 0.3 is 5.97 Å². The fourth-order valence-corrected chi connectivity index (χ4v) is 1.73. The highest BCUT2D eigenvalue weighted by atomic mass is 16.4. The molecule has 0 spiro atoms. The number of nitrogens with two attached hydrogens (primary N) is 1. The van der Waals surface area contributed by atoms with Crippen LogP contribution >= 0.6 is 0 Å². The summed E-state index contributed by atoms with van der Waals surface area (Å²) in [5.41, 5.74) is 5.44. The van der Waals surface area contributed by atoms with Crippen molar-refractivity contribution in [2.24, 2.45) is 11.7 Å². The number of rotatable bonds is 2. The van der Waals surface area contributed by atoms with Gasteiger partial charge in [-0.15, -0.1) is 0 Å². The van der Waals surface area contributed by atoms with Crippen LogP contribution in [0.2, 0.25) is 0 Å². The molecule has 0 saturated heterocycles. The van der Waals surface area contributed by atoms with Gasteiger partial charge in [-0.25, -0.2) is 0 Å². The SMILES string of the molecule is NC(C(=O)O)[C@H]1CCC[C@H](O)C1. The summed E-state index contributed by atoms with van der Waals surface area (Å²) < 4.78 is 0. The molecule has 0 aromatic carbocycles. The summed E-state index contributed by atoms with van der Waals surface area (Å²) in [5.74, 6) is -1.01. The Morgan fingerprint density at radius 3 is 2.67 bits per heavy atom. The van der Waals surface area contributed by atoms with Crippen molar-refractivity contribution < 1.29 is 15.0 Å². The lowest BCUT2D eigenvalue weighted by atomic mass is 9.83. The Bertz CT molecular complexity index is 172. The lowest BCUT2D eigenvalue weighted by molar-refractivity contribution is -0.140. The molecule has 4 N–H and O–H groups in total. The summed E-state index contributed by atoms with van der Waals surface area (Å²) in [6, 6.07) is -0.806. The Balaban J connectivity index is 2.45. The highest BCUT2D eigenvalue weighted by molar-refractivity contribution is 5.73. The minimum absolute atomic E-state index is 0.0498. The maximum Gasteiger partial charge on any atom is 0.320 e. The molecule has 1 saturated carbocycles. The van der Waals surface area contributed by atoms with Gasteiger partial charge in [0.05, 0.1) is 6.10 Å². The van der Waals surface area contributed by atoms with Crippen LogP contribution in [0.5, 0.6) is 0 Å². The highest BCUT2D eigenvalue weighted by Crippen LogP contribution is 2.26. The molecular weight excluding hydrogens is 158 g/mol. The van der Waals surface area contributed by atoms with Crippen LogP contribution in [0.1, 0.15) is 25.7 Å². The zero-order valence-corrected chi connectivity index (χ0v) is 6.94. The van der Waals surface area contributed by atoms with E-state index in [2.05, 4.69) is 0 Å². The Hall–Kier alpha value is -0.610. The van der Waals surface area contributed by atoms with E-state index in [1.807, 2.05) is 0 Å². The van der Waals surface area contributed by atoms with Crippen molar-refractivity contribution in [1.29, 1.82) is 0 Å². The molecule has 0 radical (unpaired) electrons. The molecule has 0 amide bonds. The molecule has 1 rings (SSSR count). The molecule has 3 atom stereocenters. The minimum Gasteiger partial charge on any atom is -0.480 e. The molecule has 70 valence electrons. The maximum absolute atomic E-state index is 10.5. The van der Waals surface area contributed by atoms with E-state index >= 15 is 0 Å². The number of hydrogen-bond acceptors (Lipinski definition) is 3. The minimum atomic E-state index is -0.964. The molecule has 4 heteroatoms. The van der Waals surface area contributed by atoms with E-state index in [-0.39, 0.29) is 12.0 Å². The number of aliphatic hydroxyl groups excluding tert-OH is 1. The fraction of sp³-hybridized carbons (Fsp3) is 0.875. The van der Waals surface area contributed by atoms with Gasteiger partial charge in [-0.2, -0.15) is 0 Å². The smallest absolute Gasteiger partial charge is 0.320 e. The van der Waals surface area contributed by atoms with Crippen molar-refractivity contribution in [2.75, 3.05) is 0 Å². The van der Waals surface area contributed by atoms with Crippen LogP contribution < -0.4 is 5.73 Å². The van der Waals surface area contributed by atoms with E-state index in [1.165, 1.54) is 0 Å². The van der Waals surface area contributed by atoms with Gasteiger partial charge in [0.15, 0.2) is 0 Å². The summed E-state index contributed by atoms with van der Waals surface area (Å²) in [6.07, 6.45) is 2.67. The summed E-state index contributed by atoms with van der Waals surface area (Å²) in [4.78, 5) is 10.5. The predicted molar refractivity (Wildman–Crippen MR) is 43.6 cm³/mol. The molecule has 12 heavy (non-hydrogen) atoms. The summed E-state index contributed by atoms with van der Waals surface area (Å²) >= 11 is 0. The van der Waals surface area contributed by atoms with Crippen molar-refractivity contribution in [3.05, 3.63) is 0 Å². The van der Waals surface area contributed by atoms with E-state index in [1.54, 1.807) is 0 Å². The first-order valence-electron chi connectivity index (χ1n) is 4.27. The van der Waals surface area contributed by atoms with Crippen molar-refractivity contribution >= 4 is 5.97 Å². The molecule has 1 fully saturated rings. The van der Waals surface area contributed by atoms with Gasteiger partial charge in [0.25, 0.3) is 0 Å². The van der Waals surface area contributed by atoms with Crippen molar-refractivity contribution in [2.45, 2.75) is 37.8 Å². The van der Waals surface area contributed by atoms with Crippen molar-refractivity contribution in [3.8, 4) is 0 Å². The average Bonchev–Trinajstić information content (AvgIpc) is 2.03. The summed E-state index contributed by atoms with van der Waals surface area (Å²) in [5, 5.41) is 17.9. The number of carboxylic acids is 1. The van der Waals surface area contributed by atoms with Gasteiger partial charge in [0.1, 0.15) is 6.04 Å². The Labute approximate surface area is 71.4 Å². The van der Waals surface area contributed by atoms with Crippen LogP contribution in [0.4, 0.5) is 0 Å². The standard InChI is InChI=1S/C8H15NO3/c9-7(8(11)12)5-2-1-3-6(10)4-5/h5-7,10H,1-4,9H2,(H,11,12)/t5-,6-,7?/m0/s1. The van der Waals surface area contributed by atoms with Gasteiger partial charge in [0, 0.05) is 0 Å². The molecule has 1 aliphatic carbocycles. The Kier molecular flexibility index (Phi) is 3.05. The molecule has 1 unspecified atom stereocenters. The van der Waals surface area contributed by atoms with Gasteiger partial charge in [-0.3, -0.25) is 4.79 Å². The monoisotopic (exact) mass is 173 g/mol. The lowest BCUT2D eigenvalue weighted by Gasteiger charge is -2.28. The zero-order valence-electron chi connectivity index (χ0n) is 6.94. The second-order valence-electron chi connectivity index (χ2n) is 3.44. The van der Waals surface area contributed by atoms with Gasteiger partial charge in [-0.1, -0.05) is 6.42 Å². The van der Waals surface area contributed by atoms with Crippen LogP contribution in [0, 0.1) is 5.92 Å². The molecule has 0 heterocycles. The first-order valence-corrected chi connectivity index (χ1v) is 4.27. The second-order valence-corrected chi connectivity index (χ2v) is 3.44. The van der Waals surface area contributed by atoms with E-state index in [9.17, 15) is 9.90 Å². The summed E-state index contributed by atoms with van der Waals surface area (Å²) in [7, 11) is 0. The Morgan fingerprint density at radius 2 is 2.17 bits per heavy atom. The third-order valence-corrected chi connectivity index (χ3v) is 2.48. The number of carbonyl (C=O) groups is 1. The van der Waals surface area contributed by atoms with Crippen LogP contribution in [0.3, 0.4) is 0 Å². The number of hydrogen-bond donors (Lipinski definition) is 3. The Morgan fingerprint density at radius 1 is 1.50 bits per heavy atom. The van der Waals surface area contributed by atoms with Gasteiger partial charge in [0.2, 0.25) is 0 Å². The number of aliphatic hydroxyl groups is 1. The van der Waals surface area contributed by atoms with Gasteiger partial charge in [-0.05, 0) is 25.2 Å². The van der Waals surface area contributed by atoms with Crippen molar-refractivity contribution in [1.82, 2.24) is 0 Å². The van der Waals surface area contributed by atoms with E-state index in [4.69, 9.17) is 10.8 Å². The molecule has 0 aliphatic heterocycles. The van der Waals surface area contributed by atoms with E-state index in [0.29, 0.717) is 6.42 Å². The van der Waals surface area contributed by atoms with Crippen LogP contribution in [-0.4, -0.2) is 28.3 Å². The topological polar surface area (TPSA) is 83.6 Å². The van der Waals surface area contributed by atoms with E-state index < -0.39 is 12.0 Å². The molecule has 0 aromatic heterocycles. The fourth-order valence-electron chi connectivity index (χ4n) is 1.73. The average molecular weight is 173 g/mol. The zero-order chi connectivity index (χ0) is 9.14. The number of aliphatic carboxylic acids is 1. The normalized spacial score (nSPS) is 32.8. The third-order valence-electron chi connectivity index (χ3n) is 2.48. The lowest BCUT2D eigenvalue weighted by Crippen LogP contribution is -2.41. The quantitative estimate of drug-likeness (QED) is 0.546. The first kappa shape index (κ1) is 9.48.